The second-order valence-corrected chi connectivity index (χ2v) is 7.59. The maximum atomic E-state index is 6.17. The monoisotopic (exact) mass is 430 g/mol. The Morgan fingerprint density at radius 3 is 2.20 bits per heavy atom. The molecule has 1 atom stereocenters. The molecule has 3 aromatic rings. The van der Waals surface area contributed by atoms with E-state index in [9.17, 15) is 0 Å². The van der Waals surface area contributed by atoms with Gasteiger partial charge in [-0.25, -0.2) is 4.98 Å². The van der Waals surface area contributed by atoms with E-state index in [2.05, 4.69) is 24.5 Å². The van der Waals surface area contributed by atoms with Crippen LogP contribution in [0.1, 0.15) is 24.9 Å². The Bertz CT molecular complexity index is 923. The molecule has 0 aliphatic carbocycles. The third-order valence-corrected chi connectivity index (χ3v) is 5.79. The third kappa shape index (κ3) is 3.96. The molecule has 1 unspecified atom stereocenters. The van der Waals surface area contributed by atoms with Crippen molar-refractivity contribution in [2.24, 2.45) is 0 Å². The molecule has 0 fully saturated rings. The Labute approximate surface area is 172 Å². The van der Waals surface area contributed by atoms with Gasteiger partial charge < -0.3 is 4.57 Å². The Morgan fingerprint density at radius 2 is 1.60 bits per heavy atom. The predicted molar refractivity (Wildman–Crippen MR) is 110 cm³/mol. The quantitative estimate of drug-likeness (QED) is 0.424. The molecule has 7 heteroatoms. The van der Waals surface area contributed by atoms with Crippen LogP contribution in [0.4, 0.5) is 0 Å². The van der Waals surface area contributed by atoms with Crippen LogP contribution in [-0.4, -0.2) is 9.55 Å². The molecule has 0 aliphatic rings. The summed E-state index contributed by atoms with van der Waals surface area (Å²) >= 11 is 28.8. The Morgan fingerprint density at radius 1 is 0.960 bits per heavy atom. The first-order valence-corrected chi connectivity index (χ1v) is 9.54. The van der Waals surface area contributed by atoms with Crippen molar-refractivity contribution in [1.82, 2.24) is 9.55 Å². The Kier molecular flexibility index (Phi) is 5.92. The lowest BCUT2D eigenvalue weighted by atomic mass is 10.0. The molecular weight excluding hydrogens is 418 g/mol. The van der Waals surface area contributed by atoms with E-state index in [1.165, 1.54) is 0 Å². The highest BCUT2D eigenvalue weighted by Gasteiger charge is 2.18. The summed E-state index contributed by atoms with van der Waals surface area (Å²) in [5.41, 5.74) is 2.71. The van der Waals surface area contributed by atoms with E-state index < -0.39 is 0 Å². The van der Waals surface area contributed by atoms with Gasteiger partial charge in [-0.2, -0.15) is 0 Å². The van der Waals surface area contributed by atoms with Gasteiger partial charge in [-0.05, 0) is 36.2 Å². The van der Waals surface area contributed by atoms with Gasteiger partial charge in [0, 0.05) is 11.8 Å². The number of imidazole rings is 1. The van der Waals surface area contributed by atoms with Crippen molar-refractivity contribution < 1.29 is 0 Å². The highest BCUT2D eigenvalue weighted by atomic mass is 35.5. The first-order chi connectivity index (χ1) is 11.9. The largest absolute Gasteiger partial charge is 0.318 e. The molecular formula is C18H14Cl4N2S. The zero-order chi connectivity index (χ0) is 18.1. The van der Waals surface area contributed by atoms with Crippen molar-refractivity contribution in [2.45, 2.75) is 24.5 Å². The maximum absolute atomic E-state index is 6.17. The molecule has 0 amide bonds. The molecule has 130 valence electrons. The zero-order valence-electron chi connectivity index (χ0n) is 13.2. The lowest BCUT2D eigenvalue weighted by Crippen LogP contribution is -2.09. The first-order valence-electron chi connectivity index (χ1n) is 7.59. The van der Waals surface area contributed by atoms with Crippen LogP contribution in [0.15, 0.2) is 47.8 Å². The summed E-state index contributed by atoms with van der Waals surface area (Å²) < 4.78 is 2.01. The zero-order valence-corrected chi connectivity index (χ0v) is 17.1. The minimum atomic E-state index is 0.0475. The van der Waals surface area contributed by atoms with Crippen molar-refractivity contribution in [3.05, 3.63) is 68.2 Å². The lowest BCUT2D eigenvalue weighted by molar-refractivity contribution is 0.525. The summed E-state index contributed by atoms with van der Waals surface area (Å²) in [5.74, 6) is 0. The summed E-state index contributed by atoms with van der Waals surface area (Å²) in [6.07, 6.45) is 2.81. The van der Waals surface area contributed by atoms with Gasteiger partial charge in [0.05, 0.1) is 31.8 Å². The summed E-state index contributed by atoms with van der Waals surface area (Å²) in [5, 5.41) is 2.68. The minimum absolute atomic E-state index is 0.0475. The van der Waals surface area contributed by atoms with Gasteiger partial charge in [0.2, 0.25) is 0 Å². The number of halogens is 4. The van der Waals surface area contributed by atoms with Crippen LogP contribution in [0, 0.1) is 0 Å². The number of rotatable bonds is 4. The molecule has 0 radical (unpaired) electrons. The van der Waals surface area contributed by atoms with Crippen LogP contribution in [0.3, 0.4) is 0 Å². The minimum Gasteiger partial charge on any atom is -0.318 e. The second-order valence-electron chi connectivity index (χ2n) is 5.56. The van der Waals surface area contributed by atoms with Gasteiger partial charge in [0.1, 0.15) is 0 Å². The van der Waals surface area contributed by atoms with Gasteiger partial charge in [-0.1, -0.05) is 65.5 Å². The number of hydrogen-bond donors (Lipinski definition) is 1. The van der Waals surface area contributed by atoms with Gasteiger partial charge in [0.25, 0.3) is 0 Å². The van der Waals surface area contributed by atoms with E-state index in [1.807, 2.05) is 29.0 Å². The molecule has 1 aromatic heterocycles. The Balaban J connectivity index is 2.02. The van der Waals surface area contributed by atoms with E-state index in [0.717, 1.165) is 23.2 Å². The number of nitrogens with zero attached hydrogens (tertiary/aromatic N) is 2. The van der Waals surface area contributed by atoms with E-state index in [0.29, 0.717) is 25.2 Å². The standard InChI is InChI=1S/C18H14Cl4N2S/c1-2-17(11-4-6-13(20)15(22)8-11)24-9-16(23-18(24)25)10-3-5-12(19)14(21)7-10/h3-9,17H,2H2,1H3,(H,23,25). The summed E-state index contributed by atoms with van der Waals surface area (Å²) in [6.45, 7) is 2.10. The van der Waals surface area contributed by atoms with E-state index in [-0.39, 0.29) is 6.04 Å². The summed E-state index contributed by atoms with van der Waals surface area (Å²) in [6, 6.07) is 11.1. The fraction of sp³-hybridized carbons (Fsp3) is 0.167. The van der Waals surface area contributed by atoms with Crippen LogP contribution in [-0.2, 0) is 0 Å². The van der Waals surface area contributed by atoms with Crippen LogP contribution in [0.25, 0.3) is 11.3 Å². The van der Waals surface area contributed by atoms with Crippen LogP contribution in [0.2, 0.25) is 20.1 Å². The van der Waals surface area contributed by atoms with Gasteiger partial charge >= 0.3 is 0 Å². The fourth-order valence-corrected chi connectivity index (χ4v) is 3.63. The number of hydrogen-bond acceptors (Lipinski definition) is 2. The number of thiol groups is 1. The van der Waals surface area contributed by atoms with Gasteiger partial charge in [-0.3, -0.25) is 0 Å². The van der Waals surface area contributed by atoms with Gasteiger partial charge in [-0.15, -0.1) is 12.6 Å². The number of aromatic nitrogens is 2. The average Bonchev–Trinajstić information content (AvgIpc) is 2.96. The van der Waals surface area contributed by atoms with Crippen LogP contribution >= 0.6 is 59.0 Å². The fourth-order valence-electron chi connectivity index (χ4n) is 2.72. The highest BCUT2D eigenvalue weighted by molar-refractivity contribution is 7.80. The third-order valence-electron chi connectivity index (χ3n) is 3.98. The van der Waals surface area contributed by atoms with Gasteiger partial charge in [0.15, 0.2) is 5.16 Å². The molecule has 0 N–H and O–H groups in total. The molecule has 25 heavy (non-hydrogen) atoms. The van der Waals surface area contributed by atoms with Crippen LogP contribution in [0.5, 0.6) is 0 Å². The maximum Gasteiger partial charge on any atom is 0.166 e. The number of benzene rings is 2. The van der Waals surface area contributed by atoms with E-state index in [4.69, 9.17) is 46.4 Å². The average molecular weight is 432 g/mol. The molecule has 0 saturated carbocycles. The molecule has 0 spiro atoms. The summed E-state index contributed by atoms with van der Waals surface area (Å²) in [7, 11) is 0. The molecule has 0 saturated heterocycles. The van der Waals surface area contributed by atoms with Crippen LogP contribution < -0.4 is 0 Å². The SMILES string of the molecule is CCC(c1ccc(Cl)c(Cl)c1)n1cc(-c2ccc(Cl)c(Cl)c2)nc1S. The van der Waals surface area contributed by atoms with E-state index >= 15 is 0 Å². The van der Waals surface area contributed by atoms with E-state index in [1.54, 1.807) is 18.2 Å². The Hall–Kier alpha value is -0.840. The molecule has 1 heterocycles. The van der Waals surface area contributed by atoms with Crippen molar-refractivity contribution in [3.8, 4) is 11.3 Å². The molecule has 0 aliphatic heterocycles. The van der Waals surface area contributed by atoms with Crippen molar-refractivity contribution in [2.75, 3.05) is 0 Å². The first kappa shape index (κ1) is 18.9. The molecule has 2 nitrogen and oxygen atoms in total. The molecule has 2 aromatic carbocycles. The van der Waals surface area contributed by atoms with Crippen molar-refractivity contribution >= 4 is 59.0 Å². The topological polar surface area (TPSA) is 17.8 Å². The normalized spacial score (nSPS) is 12.4. The lowest BCUT2D eigenvalue weighted by Gasteiger charge is -2.19. The van der Waals surface area contributed by atoms with Crippen molar-refractivity contribution in [3.63, 3.8) is 0 Å². The predicted octanol–water partition coefficient (Wildman–Crippen LogP) is 7.45. The second kappa shape index (κ2) is 7.81. The highest BCUT2D eigenvalue weighted by Crippen LogP contribution is 2.33. The van der Waals surface area contributed by atoms with Crippen molar-refractivity contribution in [1.29, 1.82) is 0 Å². The summed E-state index contributed by atoms with van der Waals surface area (Å²) in [4.78, 5) is 4.55. The molecule has 3 rings (SSSR count). The molecule has 0 bridgehead atoms. The smallest absolute Gasteiger partial charge is 0.166 e.